The van der Waals surface area contributed by atoms with Gasteiger partial charge in [-0.25, -0.2) is 15.0 Å². The van der Waals surface area contributed by atoms with Crippen molar-refractivity contribution in [2.75, 3.05) is 0 Å². The molecule has 0 amide bonds. The summed E-state index contributed by atoms with van der Waals surface area (Å²) in [4.78, 5) is 15.5. The summed E-state index contributed by atoms with van der Waals surface area (Å²) in [5.41, 5.74) is 11.9. The van der Waals surface area contributed by atoms with Gasteiger partial charge in [0.2, 0.25) is 0 Å². The van der Waals surface area contributed by atoms with Crippen LogP contribution in [0.5, 0.6) is 0 Å². The van der Waals surface area contributed by atoms with E-state index in [0.717, 1.165) is 55.3 Å². The van der Waals surface area contributed by atoms with E-state index < -0.39 is 0 Å². The lowest BCUT2D eigenvalue weighted by atomic mass is 10.0. The number of benzene rings is 11. The summed E-state index contributed by atoms with van der Waals surface area (Å²) >= 11 is 0. The fraction of sp³-hybridized carbons (Fsp3) is 0. The maximum Gasteiger partial charge on any atom is 0.164 e. The van der Waals surface area contributed by atoms with E-state index in [2.05, 4.69) is 221 Å². The molecule has 14 rings (SSSR count). The van der Waals surface area contributed by atoms with Crippen molar-refractivity contribution in [3.05, 3.63) is 237 Å². The molecule has 0 spiro atoms. The van der Waals surface area contributed by atoms with Crippen LogP contribution in [0.3, 0.4) is 0 Å². The van der Waals surface area contributed by atoms with Crippen molar-refractivity contribution in [3.8, 4) is 56.7 Å². The molecule has 316 valence electrons. The molecular weight excluding hydrogens is 827 g/mol. The van der Waals surface area contributed by atoms with E-state index in [9.17, 15) is 0 Å². The fourth-order valence-corrected chi connectivity index (χ4v) is 10.6. The first-order valence-electron chi connectivity index (χ1n) is 23.1. The predicted octanol–water partition coefficient (Wildman–Crippen LogP) is 16.2. The average Bonchev–Trinajstić information content (AvgIpc) is 3.91. The molecule has 0 saturated heterocycles. The Morgan fingerprint density at radius 2 is 0.779 bits per heavy atom. The van der Waals surface area contributed by atoms with E-state index in [1.54, 1.807) is 0 Å². The molecule has 0 aliphatic carbocycles. The first-order valence-corrected chi connectivity index (χ1v) is 23.1. The molecule has 0 unspecified atom stereocenters. The van der Waals surface area contributed by atoms with Gasteiger partial charge in [-0.2, -0.15) is 0 Å². The lowest BCUT2D eigenvalue weighted by molar-refractivity contribution is 1.07. The topological polar surface area (TPSA) is 48.5 Å². The Labute approximate surface area is 391 Å². The summed E-state index contributed by atoms with van der Waals surface area (Å²) in [5, 5.41) is 11.9. The SMILES string of the molecule is c1ccc(-c2cccc(-c3nc(-c4ccccc4)nc(-c4ccc5cccc(-n6c7ccccc7c7c(-n8c9ccccc9c9cc%10ccccc%10cc98)c8ccccc8cc76)c5c4)n3)c2)cc1. The van der Waals surface area contributed by atoms with Gasteiger partial charge >= 0.3 is 0 Å². The summed E-state index contributed by atoms with van der Waals surface area (Å²) in [5.74, 6) is 1.87. The molecule has 11 aromatic carbocycles. The number of fused-ring (bicyclic) bond motifs is 9. The van der Waals surface area contributed by atoms with Crippen LogP contribution >= 0.6 is 0 Å². The Balaban J connectivity index is 1.03. The molecular formula is C63H39N5. The van der Waals surface area contributed by atoms with Crippen LogP contribution < -0.4 is 0 Å². The van der Waals surface area contributed by atoms with Gasteiger partial charge in [-0.3, -0.25) is 0 Å². The highest BCUT2D eigenvalue weighted by atomic mass is 15.0. The summed E-state index contributed by atoms with van der Waals surface area (Å²) in [6, 6.07) is 84.7. The molecule has 0 bridgehead atoms. The summed E-state index contributed by atoms with van der Waals surface area (Å²) in [6.07, 6.45) is 0. The van der Waals surface area contributed by atoms with Crippen LogP contribution in [0.2, 0.25) is 0 Å². The van der Waals surface area contributed by atoms with Gasteiger partial charge in [0.25, 0.3) is 0 Å². The van der Waals surface area contributed by atoms with Crippen LogP contribution in [0.1, 0.15) is 0 Å². The Bertz CT molecular complexity index is 4320. The second kappa shape index (κ2) is 15.2. The number of hydrogen-bond acceptors (Lipinski definition) is 3. The van der Waals surface area contributed by atoms with Gasteiger partial charge in [0.1, 0.15) is 0 Å². The van der Waals surface area contributed by atoms with Crippen LogP contribution in [0, 0.1) is 0 Å². The second-order valence-corrected chi connectivity index (χ2v) is 17.6. The molecule has 0 N–H and O–H groups in total. The van der Waals surface area contributed by atoms with Crippen molar-refractivity contribution in [2.45, 2.75) is 0 Å². The number of nitrogens with zero attached hydrogens (tertiary/aromatic N) is 5. The van der Waals surface area contributed by atoms with Gasteiger partial charge in [0, 0.05) is 49.0 Å². The minimum atomic E-state index is 0.616. The van der Waals surface area contributed by atoms with Crippen LogP contribution in [0.25, 0.3) is 133 Å². The maximum atomic E-state index is 5.24. The van der Waals surface area contributed by atoms with Crippen molar-refractivity contribution in [3.63, 3.8) is 0 Å². The fourth-order valence-electron chi connectivity index (χ4n) is 10.6. The number of aromatic nitrogens is 5. The number of rotatable bonds is 6. The van der Waals surface area contributed by atoms with E-state index in [-0.39, 0.29) is 0 Å². The lowest BCUT2D eigenvalue weighted by Crippen LogP contribution is -2.01. The first kappa shape index (κ1) is 38.1. The molecule has 14 aromatic rings. The van der Waals surface area contributed by atoms with Crippen LogP contribution in [-0.4, -0.2) is 24.1 Å². The highest BCUT2D eigenvalue weighted by molar-refractivity contribution is 6.23. The quantitative estimate of drug-likeness (QED) is 0.167. The van der Waals surface area contributed by atoms with Gasteiger partial charge in [0.05, 0.1) is 33.4 Å². The van der Waals surface area contributed by atoms with Crippen molar-refractivity contribution >= 4 is 75.9 Å². The van der Waals surface area contributed by atoms with Crippen molar-refractivity contribution in [1.82, 2.24) is 24.1 Å². The second-order valence-electron chi connectivity index (χ2n) is 17.6. The third-order valence-corrected chi connectivity index (χ3v) is 13.7. The van der Waals surface area contributed by atoms with Gasteiger partial charge in [0.15, 0.2) is 17.5 Å². The Kier molecular flexibility index (Phi) is 8.52. The normalized spacial score (nSPS) is 11.8. The van der Waals surface area contributed by atoms with Crippen LogP contribution in [0.4, 0.5) is 0 Å². The Morgan fingerprint density at radius 1 is 0.250 bits per heavy atom. The highest BCUT2D eigenvalue weighted by Gasteiger charge is 2.24. The molecule has 3 heterocycles. The number of hydrogen-bond donors (Lipinski definition) is 0. The highest BCUT2D eigenvalue weighted by Crippen LogP contribution is 2.45. The van der Waals surface area contributed by atoms with Gasteiger partial charge < -0.3 is 9.13 Å². The van der Waals surface area contributed by atoms with Gasteiger partial charge in [-0.15, -0.1) is 0 Å². The van der Waals surface area contributed by atoms with Crippen molar-refractivity contribution in [2.24, 2.45) is 0 Å². The zero-order valence-electron chi connectivity index (χ0n) is 36.8. The molecule has 0 atom stereocenters. The molecule has 0 aliphatic rings. The zero-order chi connectivity index (χ0) is 44.7. The van der Waals surface area contributed by atoms with Gasteiger partial charge in [-0.1, -0.05) is 188 Å². The maximum absolute atomic E-state index is 5.24. The predicted molar refractivity (Wildman–Crippen MR) is 283 cm³/mol. The zero-order valence-corrected chi connectivity index (χ0v) is 36.8. The van der Waals surface area contributed by atoms with Crippen molar-refractivity contribution < 1.29 is 0 Å². The van der Waals surface area contributed by atoms with E-state index in [4.69, 9.17) is 15.0 Å². The standard InChI is InChI=1S/C63H39N5/c1-3-17-40(18-4-1)43-25-15-26-47(35-43)62-64-61(42-19-5-2-6-20-42)65-63(66-62)48-34-33-41-24-16-32-56(52(41)37-48)67-55-31-14-12-29-51(55)59-58(67)39-46-23-9-10-27-49(46)60(59)68-54-30-13-11-28-50(54)53-36-44-21-7-8-22-45(44)38-57(53)68/h1-39H. The summed E-state index contributed by atoms with van der Waals surface area (Å²) in [7, 11) is 0. The minimum Gasteiger partial charge on any atom is -0.309 e. The lowest BCUT2D eigenvalue weighted by Gasteiger charge is -2.16. The van der Waals surface area contributed by atoms with E-state index >= 15 is 0 Å². The average molecular weight is 866 g/mol. The Hall–Kier alpha value is -9.19. The molecule has 0 aliphatic heterocycles. The smallest absolute Gasteiger partial charge is 0.164 e. The molecule has 0 saturated carbocycles. The minimum absolute atomic E-state index is 0.616. The molecule has 5 heteroatoms. The molecule has 5 nitrogen and oxygen atoms in total. The number of para-hydroxylation sites is 2. The molecule has 68 heavy (non-hydrogen) atoms. The first-order chi connectivity index (χ1) is 33.7. The third-order valence-electron chi connectivity index (χ3n) is 13.7. The monoisotopic (exact) mass is 865 g/mol. The molecule has 3 aromatic heterocycles. The largest absolute Gasteiger partial charge is 0.309 e. The van der Waals surface area contributed by atoms with E-state index in [1.807, 2.05) is 24.3 Å². The molecule has 0 radical (unpaired) electrons. The summed E-state index contributed by atoms with van der Waals surface area (Å²) < 4.78 is 5.00. The third kappa shape index (κ3) is 5.99. The van der Waals surface area contributed by atoms with Gasteiger partial charge in [-0.05, 0) is 81.2 Å². The Morgan fingerprint density at radius 3 is 1.54 bits per heavy atom. The van der Waals surface area contributed by atoms with Crippen LogP contribution in [-0.2, 0) is 0 Å². The van der Waals surface area contributed by atoms with Crippen LogP contribution in [0.15, 0.2) is 237 Å². The van der Waals surface area contributed by atoms with Crippen molar-refractivity contribution in [1.29, 1.82) is 0 Å². The molecule has 0 fully saturated rings. The van der Waals surface area contributed by atoms with E-state index in [1.165, 1.54) is 59.8 Å². The van der Waals surface area contributed by atoms with E-state index in [0.29, 0.717) is 17.5 Å². The summed E-state index contributed by atoms with van der Waals surface area (Å²) in [6.45, 7) is 0.